The maximum absolute atomic E-state index is 13.6. The second-order valence-electron chi connectivity index (χ2n) is 4.58. The Morgan fingerprint density at radius 2 is 2.11 bits per heavy atom. The molecule has 7 heteroatoms. The van der Waals surface area contributed by atoms with Crippen molar-refractivity contribution in [3.63, 3.8) is 0 Å². The van der Waals surface area contributed by atoms with Gasteiger partial charge in [-0.05, 0) is 20.8 Å². The van der Waals surface area contributed by atoms with E-state index in [9.17, 15) is 14.3 Å². The minimum atomic E-state index is -1.24. The van der Waals surface area contributed by atoms with Gasteiger partial charge in [0.05, 0.1) is 12.8 Å². The number of halogens is 2. The molecule has 18 heavy (non-hydrogen) atoms. The number of aromatic nitrogens is 1. The molecule has 0 spiro atoms. The molecule has 0 aromatic carbocycles. The first kappa shape index (κ1) is 14.5. The van der Waals surface area contributed by atoms with Crippen LogP contribution < -0.4 is 9.64 Å². The molecule has 5 nitrogen and oxygen atoms in total. The molecule has 0 bridgehead atoms. The molecule has 1 heterocycles. The summed E-state index contributed by atoms with van der Waals surface area (Å²) in [6.07, 6.45) is -1.24. The summed E-state index contributed by atoms with van der Waals surface area (Å²) < 4.78 is 18.2. The number of carboxylic acid groups (broad SMARTS) is 1. The second kappa shape index (κ2) is 4.97. The van der Waals surface area contributed by atoms with Gasteiger partial charge in [0.15, 0.2) is 11.0 Å². The Hall–Kier alpha value is -1.56. The van der Waals surface area contributed by atoms with Gasteiger partial charge < -0.3 is 9.84 Å². The van der Waals surface area contributed by atoms with Crippen LogP contribution in [0.4, 0.5) is 14.9 Å². The minimum absolute atomic E-state index is 0.0185. The number of amides is 1. The van der Waals surface area contributed by atoms with Gasteiger partial charge >= 0.3 is 6.09 Å². The number of pyridine rings is 1. The van der Waals surface area contributed by atoms with E-state index >= 15 is 0 Å². The largest absolute Gasteiger partial charge is 0.479 e. The lowest BCUT2D eigenvalue weighted by molar-refractivity contribution is 0.195. The fourth-order valence-corrected chi connectivity index (χ4v) is 1.71. The van der Waals surface area contributed by atoms with Gasteiger partial charge in [-0.15, -0.1) is 0 Å². The van der Waals surface area contributed by atoms with E-state index in [-0.39, 0.29) is 16.7 Å². The number of hydrogen-bond donors (Lipinski definition) is 1. The molecule has 1 aromatic rings. The summed E-state index contributed by atoms with van der Waals surface area (Å²) >= 11 is 5.86. The van der Waals surface area contributed by atoms with Gasteiger partial charge in [-0.3, -0.25) is 4.90 Å². The molecule has 0 atom stereocenters. The molecular formula is C11H14ClFN2O3. The molecule has 1 aromatic heterocycles. The monoisotopic (exact) mass is 276 g/mol. The van der Waals surface area contributed by atoms with E-state index < -0.39 is 17.4 Å². The standard InChI is InChI=1S/C11H14ClFN2O3/c1-11(2,3)15(10(16)17)7-5-6(13)9(18-4)14-8(7)12/h5H,1-4H3,(H,16,17). The first-order chi connectivity index (χ1) is 8.18. The lowest BCUT2D eigenvalue weighted by Crippen LogP contribution is -2.45. The molecule has 0 aliphatic heterocycles. The van der Waals surface area contributed by atoms with E-state index in [2.05, 4.69) is 9.72 Å². The smallest absolute Gasteiger partial charge is 0.412 e. The maximum Gasteiger partial charge on any atom is 0.412 e. The Morgan fingerprint density at radius 1 is 1.56 bits per heavy atom. The van der Waals surface area contributed by atoms with Crippen molar-refractivity contribution in [2.75, 3.05) is 12.0 Å². The first-order valence-corrected chi connectivity index (χ1v) is 5.49. The van der Waals surface area contributed by atoms with E-state index in [0.29, 0.717) is 0 Å². The quantitative estimate of drug-likeness (QED) is 0.843. The van der Waals surface area contributed by atoms with Gasteiger partial charge in [0.1, 0.15) is 0 Å². The summed E-state index contributed by atoms with van der Waals surface area (Å²) in [6, 6.07) is 0.994. The van der Waals surface area contributed by atoms with Crippen molar-refractivity contribution in [2.24, 2.45) is 0 Å². The van der Waals surface area contributed by atoms with Crippen LogP contribution in [0, 0.1) is 5.82 Å². The maximum atomic E-state index is 13.6. The number of rotatable bonds is 2. The fourth-order valence-electron chi connectivity index (χ4n) is 1.49. The molecule has 100 valence electrons. The summed E-state index contributed by atoms with van der Waals surface area (Å²) in [5, 5.41) is 9.06. The molecule has 1 N–H and O–H groups in total. The van der Waals surface area contributed by atoms with Gasteiger partial charge in [-0.1, -0.05) is 11.6 Å². The Bertz CT molecular complexity index is 474. The second-order valence-corrected chi connectivity index (χ2v) is 4.94. The van der Waals surface area contributed by atoms with Gasteiger partial charge in [-0.2, -0.15) is 4.98 Å². The average Bonchev–Trinajstić information content (AvgIpc) is 2.20. The van der Waals surface area contributed by atoms with Crippen molar-refractivity contribution >= 4 is 23.4 Å². The molecule has 0 unspecified atom stereocenters. The summed E-state index contributed by atoms with van der Waals surface area (Å²) in [7, 11) is 1.25. The zero-order valence-corrected chi connectivity index (χ0v) is 11.2. The van der Waals surface area contributed by atoms with Crippen molar-refractivity contribution in [3.8, 4) is 5.88 Å². The third kappa shape index (κ3) is 2.81. The van der Waals surface area contributed by atoms with E-state index in [1.807, 2.05) is 0 Å². The normalized spacial score (nSPS) is 11.2. The van der Waals surface area contributed by atoms with Crippen LogP contribution >= 0.6 is 11.6 Å². The minimum Gasteiger partial charge on any atom is -0.479 e. The summed E-state index contributed by atoms with van der Waals surface area (Å²) in [4.78, 5) is 15.9. The van der Waals surface area contributed by atoms with Crippen LogP contribution in [0.15, 0.2) is 6.07 Å². The van der Waals surface area contributed by atoms with Crippen LogP contribution in [0.5, 0.6) is 5.88 Å². The predicted molar refractivity (Wildman–Crippen MR) is 66.0 cm³/mol. The van der Waals surface area contributed by atoms with Gasteiger partial charge in [-0.25, -0.2) is 9.18 Å². The van der Waals surface area contributed by atoms with E-state index in [4.69, 9.17) is 11.6 Å². The summed E-state index contributed by atoms with van der Waals surface area (Å²) in [6.45, 7) is 5.00. The molecule has 1 amide bonds. The lowest BCUT2D eigenvalue weighted by atomic mass is 10.1. The molecule has 1 rings (SSSR count). The van der Waals surface area contributed by atoms with Crippen molar-refractivity contribution in [1.82, 2.24) is 4.98 Å². The van der Waals surface area contributed by atoms with Crippen LogP contribution in [0.25, 0.3) is 0 Å². The molecule has 0 saturated carbocycles. The van der Waals surface area contributed by atoms with Gasteiger partial charge in [0.25, 0.3) is 5.88 Å². The summed E-state index contributed by atoms with van der Waals surface area (Å²) in [5.74, 6) is -1.05. The number of hydrogen-bond acceptors (Lipinski definition) is 3. The SMILES string of the molecule is COc1nc(Cl)c(N(C(=O)O)C(C)(C)C)cc1F. The number of ether oxygens (including phenoxy) is 1. The van der Waals surface area contributed by atoms with Gasteiger partial charge in [0.2, 0.25) is 0 Å². The van der Waals surface area contributed by atoms with Crippen molar-refractivity contribution in [1.29, 1.82) is 0 Å². The zero-order valence-electron chi connectivity index (χ0n) is 10.5. The summed E-state index contributed by atoms with van der Waals surface area (Å²) in [5.41, 5.74) is -0.798. The molecular weight excluding hydrogens is 263 g/mol. The van der Waals surface area contributed by atoms with Crippen molar-refractivity contribution < 1.29 is 19.0 Å². The number of carbonyl (C=O) groups is 1. The van der Waals surface area contributed by atoms with Crippen molar-refractivity contribution in [3.05, 3.63) is 17.0 Å². The van der Waals surface area contributed by atoms with Gasteiger partial charge in [0, 0.05) is 11.6 Å². The Balaban J connectivity index is 3.39. The highest BCUT2D eigenvalue weighted by molar-refractivity contribution is 6.32. The highest BCUT2D eigenvalue weighted by Gasteiger charge is 2.31. The lowest BCUT2D eigenvalue weighted by Gasteiger charge is -2.33. The zero-order chi connectivity index (χ0) is 14.1. The highest BCUT2D eigenvalue weighted by atomic mass is 35.5. The third-order valence-corrected chi connectivity index (χ3v) is 2.45. The Labute approximate surface area is 109 Å². The predicted octanol–water partition coefficient (Wildman–Crippen LogP) is 3.17. The highest BCUT2D eigenvalue weighted by Crippen LogP contribution is 2.33. The van der Waals surface area contributed by atoms with Crippen LogP contribution in [0.2, 0.25) is 5.15 Å². The van der Waals surface area contributed by atoms with E-state index in [1.54, 1.807) is 20.8 Å². The van der Waals surface area contributed by atoms with Crippen LogP contribution in [0.3, 0.4) is 0 Å². The average molecular weight is 277 g/mol. The van der Waals surface area contributed by atoms with Crippen molar-refractivity contribution in [2.45, 2.75) is 26.3 Å². The first-order valence-electron chi connectivity index (χ1n) is 5.11. The fraction of sp³-hybridized carbons (Fsp3) is 0.455. The Morgan fingerprint density at radius 3 is 2.50 bits per heavy atom. The third-order valence-electron chi connectivity index (χ3n) is 2.18. The van der Waals surface area contributed by atoms with E-state index in [0.717, 1.165) is 11.0 Å². The van der Waals surface area contributed by atoms with Crippen LogP contribution in [-0.2, 0) is 0 Å². The molecule has 0 saturated heterocycles. The Kier molecular flexibility index (Phi) is 4.01. The van der Waals surface area contributed by atoms with Crippen LogP contribution in [0.1, 0.15) is 20.8 Å². The number of nitrogens with zero attached hydrogens (tertiary/aromatic N) is 2. The number of anilines is 1. The molecule has 0 aliphatic carbocycles. The molecule has 0 aliphatic rings. The van der Waals surface area contributed by atoms with Crippen LogP contribution in [-0.4, -0.2) is 28.8 Å². The molecule has 0 fully saturated rings. The molecule has 0 radical (unpaired) electrons. The number of methoxy groups -OCH3 is 1. The van der Waals surface area contributed by atoms with E-state index in [1.165, 1.54) is 7.11 Å². The topological polar surface area (TPSA) is 62.7 Å².